The van der Waals surface area contributed by atoms with Crippen LogP contribution >= 0.6 is 11.8 Å². The van der Waals surface area contributed by atoms with Gasteiger partial charge >= 0.3 is 6.01 Å². The number of hydrogen-bond donors (Lipinski definition) is 1. The summed E-state index contributed by atoms with van der Waals surface area (Å²) in [6.45, 7) is 0. The zero-order chi connectivity index (χ0) is 16.2. The molecular weight excluding hydrogens is 317 g/mol. The van der Waals surface area contributed by atoms with Crippen molar-refractivity contribution in [2.45, 2.75) is 4.90 Å². The van der Waals surface area contributed by atoms with Gasteiger partial charge in [0.15, 0.2) is 0 Å². The smallest absolute Gasteiger partial charge is 0.322 e. The van der Waals surface area contributed by atoms with Gasteiger partial charge < -0.3 is 4.42 Å². The minimum Gasteiger partial charge on any atom is -0.403 e. The molecule has 0 saturated carbocycles. The third-order valence-corrected chi connectivity index (χ3v) is 3.79. The minimum absolute atomic E-state index is 0.0103. The van der Waals surface area contributed by atoms with Crippen molar-refractivity contribution in [3.8, 4) is 11.5 Å². The van der Waals surface area contributed by atoms with E-state index in [9.17, 15) is 9.18 Å². The number of halogens is 1. The molecule has 0 aliphatic carbocycles. The predicted molar refractivity (Wildman–Crippen MR) is 85.9 cm³/mol. The second kappa shape index (κ2) is 6.62. The van der Waals surface area contributed by atoms with Crippen LogP contribution < -0.4 is 5.32 Å². The van der Waals surface area contributed by atoms with E-state index >= 15 is 0 Å². The van der Waals surface area contributed by atoms with Crippen molar-refractivity contribution in [1.29, 1.82) is 0 Å². The lowest BCUT2D eigenvalue weighted by Crippen LogP contribution is -2.12. The van der Waals surface area contributed by atoms with Gasteiger partial charge in [-0.05, 0) is 48.7 Å². The molecule has 0 saturated heterocycles. The van der Waals surface area contributed by atoms with E-state index in [0.717, 1.165) is 10.5 Å². The molecule has 2 aromatic carbocycles. The molecule has 23 heavy (non-hydrogen) atoms. The third-order valence-electron chi connectivity index (χ3n) is 3.07. The van der Waals surface area contributed by atoms with Crippen LogP contribution in [0.3, 0.4) is 0 Å². The van der Waals surface area contributed by atoms with Crippen LogP contribution in [0.25, 0.3) is 11.5 Å². The molecule has 0 aliphatic heterocycles. The lowest BCUT2D eigenvalue weighted by atomic mass is 10.2. The number of amides is 1. The fourth-order valence-electron chi connectivity index (χ4n) is 1.92. The quantitative estimate of drug-likeness (QED) is 0.736. The Bertz CT molecular complexity index is 833. The fourth-order valence-corrected chi connectivity index (χ4v) is 2.38. The van der Waals surface area contributed by atoms with E-state index in [1.165, 1.54) is 24.3 Å². The zero-order valence-corrected chi connectivity index (χ0v) is 12.9. The normalized spacial score (nSPS) is 10.5. The molecule has 3 rings (SSSR count). The van der Waals surface area contributed by atoms with Gasteiger partial charge in [0.2, 0.25) is 5.89 Å². The molecule has 5 nitrogen and oxygen atoms in total. The number of nitrogens with one attached hydrogen (secondary N) is 1. The molecule has 0 radical (unpaired) electrons. The van der Waals surface area contributed by atoms with E-state index in [1.807, 2.05) is 30.5 Å². The summed E-state index contributed by atoms with van der Waals surface area (Å²) in [5.74, 6) is -0.538. The highest BCUT2D eigenvalue weighted by Gasteiger charge is 2.13. The van der Waals surface area contributed by atoms with Gasteiger partial charge in [-0.25, -0.2) is 4.39 Å². The highest BCUT2D eigenvalue weighted by Crippen LogP contribution is 2.24. The highest BCUT2D eigenvalue weighted by molar-refractivity contribution is 7.98. The van der Waals surface area contributed by atoms with Crippen molar-refractivity contribution in [3.63, 3.8) is 0 Å². The number of anilines is 1. The Morgan fingerprint density at radius 2 is 1.96 bits per heavy atom. The average molecular weight is 329 g/mol. The van der Waals surface area contributed by atoms with E-state index < -0.39 is 11.7 Å². The molecule has 1 amide bonds. The highest BCUT2D eigenvalue weighted by atomic mass is 32.2. The summed E-state index contributed by atoms with van der Waals surface area (Å²) in [5, 5.41) is 10.2. The van der Waals surface area contributed by atoms with Gasteiger partial charge in [0.1, 0.15) is 5.82 Å². The standard InChI is InChI=1S/C16H12FN3O2S/c1-23-13-4-2-3-11(9-13)15-19-20-16(22-15)18-14(21)10-5-7-12(17)8-6-10/h2-9H,1H3,(H,18,20,21). The molecule has 0 atom stereocenters. The van der Waals surface area contributed by atoms with Crippen molar-refractivity contribution in [2.24, 2.45) is 0 Å². The lowest BCUT2D eigenvalue weighted by molar-refractivity contribution is 0.102. The fraction of sp³-hybridized carbons (Fsp3) is 0.0625. The first-order valence-corrected chi connectivity index (χ1v) is 7.93. The summed E-state index contributed by atoms with van der Waals surface area (Å²) in [5.41, 5.74) is 1.07. The van der Waals surface area contributed by atoms with Gasteiger partial charge in [-0.1, -0.05) is 11.2 Å². The summed E-state index contributed by atoms with van der Waals surface area (Å²) in [7, 11) is 0. The number of rotatable bonds is 4. The molecule has 0 fully saturated rings. The SMILES string of the molecule is CSc1cccc(-c2nnc(NC(=O)c3ccc(F)cc3)o2)c1. The van der Waals surface area contributed by atoms with Crippen LogP contribution in [0.15, 0.2) is 57.8 Å². The van der Waals surface area contributed by atoms with Crippen LogP contribution in [0.2, 0.25) is 0 Å². The summed E-state index contributed by atoms with van der Waals surface area (Å²) >= 11 is 1.60. The van der Waals surface area contributed by atoms with Crippen molar-refractivity contribution < 1.29 is 13.6 Å². The molecule has 1 aromatic heterocycles. The van der Waals surface area contributed by atoms with Crippen molar-refractivity contribution in [1.82, 2.24) is 10.2 Å². The molecule has 1 heterocycles. The molecule has 3 aromatic rings. The summed E-state index contributed by atoms with van der Waals surface area (Å²) < 4.78 is 18.3. The van der Waals surface area contributed by atoms with Gasteiger partial charge in [-0.3, -0.25) is 10.1 Å². The first kappa shape index (κ1) is 15.2. The van der Waals surface area contributed by atoms with E-state index in [2.05, 4.69) is 15.5 Å². The Labute approximate surface area is 135 Å². The number of aromatic nitrogens is 2. The molecule has 0 aliphatic rings. The molecular formula is C16H12FN3O2S. The number of carbonyl (C=O) groups is 1. The number of benzene rings is 2. The number of nitrogens with zero attached hydrogens (tertiary/aromatic N) is 2. The van der Waals surface area contributed by atoms with Crippen LogP contribution in [0.1, 0.15) is 10.4 Å². The Kier molecular flexibility index (Phi) is 4.38. The van der Waals surface area contributed by atoms with Gasteiger partial charge in [0, 0.05) is 16.0 Å². The molecule has 1 N–H and O–H groups in total. The van der Waals surface area contributed by atoms with Gasteiger partial charge in [-0.15, -0.1) is 16.9 Å². The van der Waals surface area contributed by atoms with Crippen molar-refractivity contribution >= 4 is 23.7 Å². The largest absolute Gasteiger partial charge is 0.403 e. The van der Waals surface area contributed by atoms with Crippen LogP contribution in [0.5, 0.6) is 0 Å². The van der Waals surface area contributed by atoms with Gasteiger partial charge in [0.05, 0.1) is 0 Å². The molecule has 116 valence electrons. The first-order valence-electron chi connectivity index (χ1n) is 6.70. The predicted octanol–water partition coefficient (Wildman–Crippen LogP) is 3.85. The molecule has 0 spiro atoms. The Morgan fingerprint density at radius 1 is 1.17 bits per heavy atom. The maximum absolute atomic E-state index is 12.9. The Morgan fingerprint density at radius 3 is 2.70 bits per heavy atom. The van der Waals surface area contributed by atoms with Crippen LogP contribution in [0.4, 0.5) is 10.4 Å². The number of carbonyl (C=O) groups excluding carboxylic acids is 1. The van der Waals surface area contributed by atoms with Crippen LogP contribution in [-0.2, 0) is 0 Å². The zero-order valence-electron chi connectivity index (χ0n) is 12.1. The topological polar surface area (TPSA) is 68.0 Å². The maximum Gasteiger partial charge on any atom is 0.322 e. The lowest BCUT2D eigenvalue weighted by Gasteiger charge is -2.00. The molecule has 7 heteroatoms. The van der Waals surface area contributed by atoms with E-state index in [-0.39, 0.29) is 6.01 Å². The Hall–Kier alpha value is -2.67. The second-order valence-electron chi connectivity index (χ2n) is 4.61. The third kappa shape index (κ3) is 3.57. The molecule has 0 unspecified atom stereocenters. The van der Waals surface area contributed by atoms with Crippen molar-refractivity contribution in [3.05, 3.63) is 59.9 Å². The Balaban J connectivity index is 1.76. The monoisotopic (exact) mass is 329 g/mol. The number of thioether (sulfide) groups is 1. The molecule has 0 bridgehead atoms. The maximum atomic E-state index is 12.9. The van der Waals surface area contributed by atoms with E-state index in [0.29, 0.717) is 11.5 Å². The van der Waals surface area contributed by atoms with Gasteiger partial charge in [-0.2, -0.15) is 0 Å². The second-order valence-corrected chi connectivity index (χ2v) is 5.48. The summed E-state index contributed by atoms with van der Waals surface area (Å²) in [6.07, 6.45) is 1.97. The first-order chi connectivity index (χ1) is 11.2. The summed E-state index contributed by atoms with van der Waals surface area (Å²) in [4.78, 5) is 13.1. The average Bonchev–Trinajstić information content (AvgIpc) is 3.04. The summed E-state index contributed by atoms with van der Waals surface area (Å²) in [6, 6.07) is 12.8. The van der Waals surface area contributed by atoms with Gasteiger partial charge in [0.25, 0.3) is 5.91 Å². The number of hydrogen-bond acceptors (Lipinski definition) is 5. The van der Waals surface area contributed by atoms with Crippen LogP contribution in [-0.4, -0.2) is 22.4 Å². The van der Waals surface area contributed by atoms with E-state index in [1.54, 1.807) is 11.8 Å². The minimum atomic E-state index is -0.446. The van der Waals surface area contributed by atoms with Crippen LogP contribution in [0, 0.1) is 5.82 Å². The van der Waals surface area contributed by atoms with E-state index in [4.69, 9.17) is 4.42 Å². The van der Waals surface area contributed by atoms with Crippen molar-refractivity contribution in [2.75, 3.05) is 11.6 Å².